The van der Waals surface area contributed by atoms with Crippen LogP contribution in [0.15, 0.2) is 77.9 Å². The first kappa shape index (κ1) is 27.4. The number of pyridine rings is 1. The van der Waals surface area contributed by atoms with Gasteiger partial charge >= 0.3 is 0 Å². The minimum absolute atomic E-state index is 0.126. The number of nitrogens with zero attached hydrogens (tertiary/aromatic N) is 2. The fourth-order valence-corrected chi connectivity index (χ4v) is 4.31. The smallest absolute Gasteiger partial charge is 0.185 e. The van der Waals surface area contributed by atoms with Gasteiger partial charge in [0.15, 0.2) is 5.78 Å². The summed E-state index contributed by atoms with van der Waals surface area (Å²) < 4.78 is 0. The number of halogens is 2. The molecule has 0 bridgehead atoms. The zero-order valence-electron chi connectivity index (χ0n) is 21.5. The Bertz CT molecular complexity index is 1520. The number of allylic oxidation sites excluding steroid dienone is 1. The predicted molar refractivity (Wildman–Crippen MR) is 159 cm³/mol. The van der Waals surface area contributed by atoms with Crippen molar-refractivity contribution in [1.82, 2.24) is 4.98 Å². The summed E-state index contributed by atoms with van der Waals surface area (Å²) in [7, 11) is 0. The molecule has 194 valence electrons. The Kier molecular flexibility index (Phi) is 8.50. The van der Waals surface area contributed by atoms with Crippen LogP contribution in [0.3, 0.4) is 0 Å². The van der Waals surface area contributed by atoms with Gasteiger partial charge in [0.25, 0.3) is 0 Å². The van der Waals surface area contributed by atoms with Gasteiger partial charge in [-0.15, -0.1) is 0 Å². The summed E-state index contributed by atoms with van der Waals surface area (Å²) in [6, 6.07) is 18.0. The van der Waals surface area contributed by atoms with Crippen molar-refractivity contribution in [3.05, 3.63) is 105 Å². The molecular weight excluding hydrogens is 517 g/mol. The van der Waals surface area contributed by atoms with Crippen LogP contribution in [0, 0.1) is 0 Å². The third-order valence-electron chi connectivity index (χ3n) is 6.02. The van der Waals surface area contributed by atoms with E-state index in [4.69, 9.17) is 23.2 Å². The molecule has 7 heteroatoms. The van der Waals surface area contributed by atoms with E-state index in [0.717, 1.165) is 27.7 Å². The Labute approximate surface area is 232 Å². The van der Waals surface area contributed by atoms with Gasteiger partial charge in [0, 0.05) is 56.8 Å². The van der Waals surface area contributed by atoms with Gasteiger partial charge in [0.05, 0.1) is 12.1 Å². The molecule has 0 saturated carbocycles. The van der Waals surface area contributed by atoms with E-state index >= 15 is 0 Å². The molecule has 3 aromatic carbocycles. The fraction of sp³-hybridized carbons (Fsp3) is 0.194. The molecule has 0 atom stereocenters. The molecule has 0 unspecified atom stereocenters. The highest BCUT2D eigenvalue weighted by atomic mass is 35.5. The van der Waals surface area contributed by atoms with E-state index in [1.165, 1.54) is 6.08 Å². The molecular formula is C31H29Cl2N3O2. The number of aromatic nitrogens is 1. The molecule has 0 saturated heterocycles. The second-order valence-electron chi connectivity index (χ2n) is 9.94. The van der Waals surface area contributed by atoms with E-state index in [0.29, 0.717) is 34.3 Å². The van der Waals surface area contributed by atoms with Crippen molar-refractivity contribution in [2.45, 2.75) is 26.2 Å². The lowest BCUT2D eigenvalue weighted by Crippen LogP contribution is -2.12. The Morgan fingerprint density at radius 3 is 2.50 bits per heavy atom. The molecule has 4 rings (SSSR count). The van der Waals surface area contributed by atoms with Crippen LogP contribution >= 0.6 is 23.2 Å². The number of carbonyl (C=O) groups excluding carboxylic acids is 1. The van der Waals surface area contributed by atoms with Gasteiger partial charge in [-0.1, -0.05) is 50.0 Å². The molecule has 1 aromatic heterocycles. The van der Waals surface area contributed by atoms with Crippen LogP contribution < -0.4 is 5.32 Å². The summed E-state index contributed by atoms with van der Waals surface area (Å²) in [5.41, 5.74) is 4.21. The van der Waals surface area contributed by atoms with E-state index in [1.54, 1.807) is 42.8 Å². The molecule has 4 aromatic rings. The van der Waals surface area contributed by atoms with Gasteiger partial charge in [-0.05, 0) is 77.7 Å². The number of phenolic OH excluding ortho intramolecular Hbond substituents is 1. The first-order chi connectivity index (χ1) is 18.1. The first-order valence-corrected chi connectivity index (χ1v) is 13.0. The van der Waals surface area contributed by atoms with Gasteiger partial charge in [-0.25, -0.2) is 0 Å². The topological polar surface area (TPSA) is 74.6 Å². The molecule has 0 aliphatic carbocycles. The molecule has 0 aliphatic heterocycles. The first-order valence-electron chi connectivity index (χ1n) is 12.3. The average molecular weight is 546 g/mol. The largest absolute Gasteiger partial charge is 0.507 e. The van der Waals surface area contributed by atoms with E-state index < -0.39 is 0 Å². The molecule has 0 spiro atoms. The lowest BCUT2D eigenvalue weighted by atomic mass is 9.84. The number of anilines is 1. The van der Waals surface area contributed by atoms with Crippen LogP contribution in [0.1, 0.15) is 47.8 Å². The number of benzene rings is 3. The minimum atomic E-state index is -0.302. The van der Waals surface area contributed by atoms with E-state index in [-0.39, 0.29) is 16.9 Å². The highest BCUT2D eigenvalue weighted by Gasteiger charge is 2.20. The zero-order chi connectivity index (χ0) is 27.3. The van der Waals surface area contributed by atoms with Crippen LogP contribution in [-0.2, 0) is 5.41 Å². The molecule has 1 heterocycles. The maximum absolute atomic E-state index is 12.6. The van der Waals surface area contributed by atoms with Gasteiger partial charge < -0.3 is 10.4 Å². The number of phenols is 1. The summed E-state index contributed by atoms with van der Waals surface area (Å²) in [5.74, 6) is 0.0617. The molecule has 2 N–H and O–H groups in total. The highest BCUT2D eigenvalue weighted by Crippen LogP contribution is 2.34. The third kappa shape index (κ3) is 6.80. The number of aliphatic imine (C=N–C) groups is 1. The van der Waals surface area contributed by atoms with Gasteiger partial charge in [0.1, 0.15) is 5.75 Å². The SMILES string of the molecule is CC(C)(C)c1cc(/C=C/C(=O)c2ccc(Cl)cc2)cc(C=NCCNc2ccnc3cc(Cl)ccc23)c1O. The average Bonchev–Trinajstić information content (AvgIpc) is 2.88. The van der Waals surface area contributed by atoms with Crippen LogP contribution in [0.5, 0.6) is 5.75 Å². The summed E-state index contributed by atoms with van der Waals surface area (Å²) in [6.07, 6.45) is 6.70. The standard InChI is InChI=1S/C31H29Cl2N3O2/c1-31(2,3)26-17-20(4-11-29(37)21-5-7-23(32)8-6-21)16-22(30(26)38)19-34-14-15-36-27-12-13-35-28-18-24(33)9-10-25(27)28/h4-13,16-19,38H,14-15H2,1-3H3,(H,35,36)/b11-4+,34-19?. The second-order valence-corrected chi connectivity index (χ2v) is 10.8. The van der Waals surface area contributed by atoms with Crippen LogP contribution in [-0.4, -0.2) is 35.2 Å². The van der Waals surface area contributed by atoms with Crippen molar-refractivity contribution in [1.29, 1.82) is 0 Å². The number of hydrogen-bond donors (Lipinski definition) is 2. The Morgan fingerprint density at radius 1 is 1.03 bits per heavy atom. The molecule has 0 radical (unpaired) electrons. The Morgan fingerprint density at radius 2 is 1.76 bits per heavy atom. The number of ketones is 1. The number of aromatic hydroxyl groups is 1. The summed E-state index contributed by atoms with van der Waals surface area (Å²) in [6.45, 7) is 7.19. The van der Waals surface area contributed by atoms with E-state index in [2.05, 4.69) is 15.3 Å². The van der Waals surface area contributed by atoms with Gasteiger partial charge in [-0.3, -0.25) is 14.8 Å². The number of carbonyl (C=O) groups is 1. The van der Waals surface area contributed by atoms with Crippen molar-refractivity contribution < 1.29 is 9.90 Å². The third-order valence-corrected chi connectivity index (χ3v) is 6.50. The lowest BCUT2D eigenvalue weighted by molar-refractivity contribution is 0.104. The van der Waals surface area contributed by atoms with Crippen molar-refractivity contribution in [3.63, 3.8) is 0 Å². The molecule has 0 fully saturated rings. The van der Waals surface area contributed by atoms with Crippen molar-refractivity contribution in [2.75, 3.05) is 18.4 Å². The van der Waals surface area contributed by atoms with Crippen molar-refractivity contribution in [3.8, 4) is 5.75 Å². The zero-order valence-corrected chi connectivity index (χ0v) is 23.0. The number of rotatable bonds is 8. The number of nitrogens with one attached hydrogen (secondary N) is 1. The van der Waals surface area contributed by atoms with Crippen LogP contribution in [0.2, 0.25) is 10.0 Å². The normalized spacial score (nSPS) is 12.0. The second kappa shape index (κ2) is 11.8. The predicted octanol–water partition coefficient (Wildman–Crippen LogP) is 7.97. The van der Waals surface area contributed by atoms with Gasteiger partial charge in [-0.2, -0.15) is 0 Å². The highest BCUT2D eigenvalue weighted by molar-refractivity contribution is 6.31. The van der Waals surface area contributed by atoms with Crippen LogP contribution in [0.4, 0.5) is 5.69 Å². The number of hydrogen-bond acceptors (Lipinski definition) is 5. The minimum Gasteiger partial charge on any atom is -0.507 e. The van der Waals surface area contributed by atoms with E-state index in [9.17, 15) is 9.90 Å². The maximum atomic E-state index is 12.6. The van der Waals surface area contributed by atoms with Crippen LogP contribution in [0.25, 0.3) is 17.0 Å². The van der Waals surface area contributed by atoms with Crippen molar-refractivity contribution in [2.24, 2.45) is 4.99 Å². The quantitative estimate of drug-likeness (QED) is 0.102. The summed E-state index contributed by atoms with van der Waals surface area (Å²) >= 11 is 12.0. The maximum Gasteiger partial charge on any atom is 0.185 e. The molecule has 38 heavy (non-hydrogen) atoms. The monoisotopic (exact) mass is 545 g/mol. The number of fused-ring (bicyclic) bond motifs is 1. The fourth-order valence-electron chi connectivity index (χ4n) is 4.02. The van der Waals surface area contributed by atoms with Crippen molar-refractivity contribution >= 4 is 57.9 Å². The van der Waals surface area contributed by atoms with E-state index in [1.807, 2.05) is 57.2 Å². The summed E-state index contributed by atoms with van der Waals surface area (Å²) in [4.78, 5) is 21.5. The molecule has 5 nitrogen and oxygen atoms in total. The van der Waals surface area contributed by atoms with Gasteiger partial charge in [0.2, 0.25) is 0 Å². The lowest BCUT2D eigenvalue weighted by Gasteiger charge is -2.22. The Balaban J connectivity index is 1.49. The molecule has 0 aliphatic rings. The Hall–Kier alpha value is -3.67. The molecule has 0 amide bonds. The summed E-state index contributed by atoms with van der Waals surface area (Å²) in [5, 5.41) is 16.6.